The van der Waals surface area contributed by atoms with E-state index in [0.717, 1.165) is 28.1 Å². The van der Waals surface area contributed by atoms with Crippen LogP contribution < -0.4 is 5.73 Å². The van der Waals surface area contributed by atoms with Gasteiger partial charge in [-0.2, -0.15) is 0 Å². The largest absolute Gasteiger partial charge is 0.382 e. The van der Waals surface area contributed by atoms with Gasteiger partial charge in [-0.3, -0.25) is 4.79 Å². The predicted molar refractivity (Wildman–Crippen MR) is 89.1 cm³/mol. The monoisotopic (exact) mass is 325 g/mol. The van der Waals surface area contributed by atoms with Crippen molar-refractivity contribution >= 4 is 33.3 Å². The van der Waals surface area contributed by atoms with E-state index in [0.29, 0.717) is 6.54 Å². The molecule has 0 radical (unpaired) electrons. The molecule has 1 aromatic carbocycles. The number of likely N-dealkylation sites (tertiary alicyclic amines) is 1. The Balaban J connectivity index is 1.69. The third-order valence-corrected chi connectivity index (χ3v) is 5.18. The molecule has 116 valence electrons. The fraction of sp³-hybridized carbons (Fsp3) is 0.250. The van der Waals surface area contributed by atoms with Gasteiger partial charge in [0.1, 0.15) is 5.01 Å². The summed E-state index contributed by atoms with van der Waals surface area (Å²) in [7, 11) is 0. The van der Waals surface area contributed by atoms with Crippen LogP contribution in [-0.2, 0) is 0 Å². The predicted octanol–water partition coefficient (Wildman–Crippen LogP) is 2.65. The van der Waals surface area contributed by atoms with Crippen LogP contribution >= 0.6 is 11.3 Å². The van der Waals surface area contributed by atoms with E-state index >= 15 is 0 Å². The molecule has 1 amide bonds. The van der Waals surface area contributed by atoms with Crippen molar-refractivity contribution in [3.63, 3.8) is 0 Å². The zero-order valence-corrected chi connectivity index (χ0v) is 13.2. The van der Waals surface area contributed by atoms with E-state index in [1.54, 1.807) is 11.3 Å². The minimum Gasteiger partial charge on any atom is -0.382 e. The zero-order chi connectivity index (χ0) is 15.8. The number of anilines is 1. The summed E-state index contributed by atoms with van der Waals surface area (Å²) in [5, 5.41) is 0.972. The lowest BCUT2D eigenvalue weighted by atomic mass is 10.2. The molecule has 2 N–H and O–H groups in total. The van der Waals surface area contributed by atoms with Crippen molar-refractivity contribution in [2.75, 3.05) is 12.3 Å². The van der Waals surface area contributed by atoms with Crippen LogP contribution in [0.25, 0.3) is 10.2 Å². The first-order valence-corrected chi connectivity index (χ1v) is 8.28. The Bertz CT molecular complexity index is 845. The summed E-state index contributed by atoms with van der Waals surface area (Å²) in [5.74, 6) is 0.00445. The lowest BCUT2D eigenvalue weighted by molar-refractivity contribution is 0.0730. The number of rotatable bonds is 2. The van der Waals surface area contributed by atoms with Gasteiger partial charge in [-0.05, 0) is 25.0 Å². The van der Waals surface area contributed by atoms with E-state index in [4.69, 9.17) is 10.7 Å². The van der Waals surface area contributed by atoms with Crippen molar-refractivity contribution < 1.29 is 4.79 Å². The molecule has 1 aliphatic heterocycles. The third kappa shape index (κ3) is 2.43. The summed E-state index contributed by atoms with van der Waals surface area (Å²) >= 11 is 1.64. The molecule has 0 saturated carbocycles. The van der Waals surface area contributed by atoms with Crippen molar-refractivity contribution in [3.05, 3.63) is 47.4 Å². The number of aromatic nitrogens is 3. The second-order valence-electron chi connectivity index (χ2n) is 5.47. The number of nitrogens with two attached hydrogens (primary N) is 1. The Kier molecular flexibility index (Phi) is 3.42. The molecule has 0 spiro atoms. The van der Waals surface area contributed by atoms with Crippen LogP contribution in [0.4, 0.5) is 5.82 Å². The van der Waals surface area contributed by atoms with Gasteiger partial charge in [0.15, 0.2) is 11.5 Å². The first-order valence-electron chi connectivity index (χ1n) is 7.47. The molecule has 1 atom stereocenters. The zero-order valence-electron chi connectivity index (χ0n) is 12.3. The number of para-hydroxylation sites is 1. The summed E-state index contributed by atoms with van der Waals surface area (Å²) < 4.78 is 1.14. The highest BCUT2D eigenvalue weighted by molar-refractivity contribution is 7.18. The fourth-order valence-corrected chi connectivity index (χ4v) is 4.06. The van der Waals surface area contributed by atoms with Crippen molar-refractivity contribution in [2.45, 2.75) is 18.9 Å². The van der Waals surface area contributed by atoms with Crippen molar-refractivity contribution in [1.29, 1.82) is 0 Å². The molecule has 1 fully saturated rings. The smallest absolute Gasteiger partial charge is 0.276 e. The first kappa shape index (κ1) is 14.1. The number of carbonyl (C=O) groups is 1. The van der Waals surface area contributed by atoms with E-state index in [1.807, 2.05) is 23.1 Å². The van der Waals surface area contributed by atoms with Gasteiger partial charge in [0, 0.05) is 18.9 Å². The number of amides is 1. The molecule has 1 aliphatic rings. The Morgan fingerprint density at radius 3 is 2.91 bits per heavy atom. The van der Waals surface area contributed by atoms with Crippen LogP contribution in [0, 0.1) is 0 Å². The number of benzene rings is 1. The molecule has 3 aromatic rings. The SMILES string of the molecule is Nc1nccnc1C(=O)N1CCCC1c1nc2ccccc2s1. The van der Waals surface area contributed by atoms with Gasteiger partial charge >= 0.3 is 0 Å². The molecule has 4 rings (SSSR count). The number of thiazole rings is 1. The highest BCUT2D eigenvalue weighted by Gasteiger charge is 2.34. The maximum atomic E-state index is 12.8. The maximum absolute atomic E-state index is 12.8. The lowest BCUT2D eigenvalue weighted by Gasteiger charge is -2.22. The van der Waals surface area contributed by atoms with Crippen molar-refractivity contribution in [2.24, 2.45) is 0 Å². The second-order valence-corrected chi connectivity index (χ2v) is 6.53. The number of nitrogens with zero attached hydrogens (tertiary/aromatic N) is 4. The summed E-state index contributed by atoms with van der Waals surface area (Å²) in [5.41, 5.74) is 7.00. The van der Waals surface area contributed by atoms with Crippen LogP contribution in [0.1, 0.15) is 34.4 Å². The molecule has 23 heavy (non-hydrogen) atoms. The summed E-state index contributed by atoms with van der Waals surface area (Å²) in [6.07, 6.45) is 4.84. The first-order chi connectivity index (χ1) is 11.2. The third-order valence-electron chi connectivity index (χ3n) is 4.04. The van der Waals surface area contributed by atoms with E-state index in [2.05, 4.69) is 16.0 Å². The lowest BCUT2D eigenvalue weighted by Crippen LogP contribution is -2.32. The summed E-state index contributed by atoms with van der Waals surface area (Å²) in [6.45, 7) is 0.690. The highest BCUT2D eigenvalue weighted by atomic mass is 32.1. The van der Waals surface area contributed by atoms with Crippen LogP contribution in [0.3, 0.4) is 0 Å². The molecule has 0 aliphatic carbocycles. The van der Waals surface area contributed by atoms with Gasteiger partial charge in [-0.15, -0.1) is 11.3 Å². The van der Waals surface area contributed by atoms with Crippen LogP contribution in [0.5, 0.6) is 0 Å². The van der Waals surface area contributed by atoms with Gasteiger partial charge in [0.25, 0.3) is 5.91 Å². The maximum Gasteiger partial charge on any atom is 0.276 e. The molecule has 2 aromatic heterocycles. The van der Waals surface area contributed by atoms with Crippen molar-refractivity contribution in [3.8, 4) is 0 Å². The molecular weight excluding hydrogens is 310 g/mol. The summed E-state index contributed by atoms with van der Waals surface area (Å²) in [6, 6.07) is 8.02. The average Bonchev–Trinajstić information content (AvgIpc) is 3.21. The van der Waals surface area contributed by atoms with Gasteiger partial charge < -0.3 is 10.6 Å². The molecular formula is C16H15N5OS. The van der Waals surface area contributed by atoms with Gasteiger partial charge in [-0.25, -0.2) is 15.0 Å². The van der Waals surface area contributed by atoms with Crippen LogP contribution in [0.2, 0.25) is 0 Å². The van der Waals surface area contributed by atoms with Gasteiger partial charge in [0.05, 0.1) is 16.3 Å². The Morgan fingerprint density at radius 1 is 1.26 bits per heavy atom. The number of nitrogen functional groups attached to an aromatic ring is 1. The number of fused-ring (bicyclic) bond motifs is 1. The standard InChI is InChI=1S/C16H15N5OS/c17-14-13(18-7-8-19-14)16(22)21-9-3-5-11(21)15-20-10-4-1-2-6-12(10)23-15/h1-2,4,6-8,11H,3,5,9H2,(H2,17,19). The fourth-order valence-electron chi connectivity index (χ4n) is 2.95. The second kappa shape index (κ2) is 5.58. The number of hydrogen-bond donors (Lipinski definition) is 1. The molecule has 6 nitrogen and oxygen atoms in total. The molecule has 7 heteroatoms. The highest BCUT2D eigenvalue weighted by Crippen LogP contribution is 2.37. The van der Waals surface area contributed by atoms with Crippen LogP contribution in [0.15, 0.2) is 36.7 Å². The van der Waals surface area contributed by atoms with Crippen molar-refractivity contribution in [1.82, 2.24) is 19.9 Å². The topological polar surface area (TPSA) is 85.0 Å². The molecule has 3 heterocycles. The molecule has 1 unspecified atom stereocenters. The Morgan fingerprint density at radius 2 is 2.09 bits per heavy atom. The quantitative estimate of drug-likeness (QED) is 0.783. The van der Waals surface area contributed by atoms with Gasteiger partial charge in [-0.1, -0.05) is 12.1 Å². The van der Waals surface area contributed by atoms with E-state index in [-0.39, 0.29) is 23.5 Å². The van der Waals surface area contributed by atoms with Gasteiger partial charge in [0.2, 0.25) is 0 Å². The minimum absolute atomic E-state index is 0.0127. The molecule has 0 bridgehead atoms. The Hall–Kier alpha value is -2.54. The van der Waals surface area contributed by atoms with E-state index < -0.39 is 0 Å². The van der Waals surface area contributed by atoms with E-state index in [9.17, 15) is 4.79 Å². The van der Waals surface area contributed by atoms with E-state index in [1.165, 1.54) is 12.4 Å². The summed E-state index contributed by atoms with van der Waals surface area (Å²) in [4.78, 5) is 27.4. The number of carbonyl (C=O) groups excluding carboxylic acids is 1. The average molecular weight is 325 g/mol. The Labute approximate surface area is 137 Å². The molecule has 1 saturated heterocycles. The van der Waals surface area contributed by atoms with Crippen LogP contribution in [-0.4, -0.2) is 32.3 Å². The number of hydrogen-bond acceptors (Lipinski definition) is 6. The minimum atomic E-state index is -0.169. The normalized spacial score (nSPS) is 17.7.